The highest BCUT2D eigenvalue weighted by Crippen LogP contribution is 2.50. The maximum absolute atomic E-state index is 6.94. The molecule has 0 saturated carbocycles. The molecule has 2 aromatic heterocycles. The Morgan fingerprint density at radius 1 is 0.174 bits per heavy atom. The van der Waals surface area contributed by atoms with E-state index in [1.54, 1.807) is 0 Å². The summed E-state index contributed by atoms with van der Waals surface area (Å²) in [4.78, 5) is 4.95. The second-order valence-corrected chi connectivity index (χ2v) is 23.1. The second-order valence-electron chi connectivity index (χ2n) is 23.1. The molecule has 0 amide bonds. The summed E-state index contributed by atoms with van der Waals surface area (Å²) in [5, 5.41) is 28.0. The van der Waals surface area contributed by atoms with Gasteiger partial charge in [0, 0.05) is 54.5 Å². The van der Waals surface area contributed by atoms with Crippen molar-refractivity contribution in [1.29, 1.82) is 0 Å². The molecule has 0 radical (unpaired) electrons. The molecule has 398 valence electrons. The van der Waals surface area contributed by atoms with Gasteiger partial charge in [-0.05, 0) is 171 Å². The highest BCUT2D eigenvalue weighted by Gasteiger charge is 2.24. The fraction of sp³-hybridized carbons (Fsp3) is 0. The molecule has 0 aliphatic rings. The van der Waals surface area contributed by atoms with Gasteiger partial charge in [0.25, 0.3) is 0 Å². The number of hydrogen-bond acceptors (Lipinski definition) is 4. The van der Waals surface area contributed by atoms with Gasteiger partial charge in [-0.3, -0.25) is 0 Å². The quantitative estimate of drug-likeness (QED) is 0.155. The molecule has 4 heteroatoms. The normalized spacial score (nSPS) is 12.2. The average Bonchev–Trinajstić information content (AvgIpc) is 2.02. The molecule has 0 spiro atoms. The van der Waals surface area contributed by atoms with Gasteiger partial charge in [-0.1, -0.05) is 206 Å². The van der Waals surface area contributed by atoms with Crippen LogP contribution in [0.3, 0.4) is 0 Å². The van der Waals surface area contributed by atoms with Crippen LogP contribution in [0, 0.1) is 0 Å². The smallest absolute Gasteiger partial charge is 0.136 e. The van der Waals surface area contributed by atoms with Crippen molar-refractivity contribution >= 4 is 186 Å². The zero-order chi connectivity index (χ0) is 56.1. The Morgan fingerprint density at radius 3 is 0.779 bits per heavy atom. The highest BCUT2D eigenvalue weighted by atomic mass is 16.3. The topological polar surface area (TPSA) is 32.8 Å². The lowest BCUT2D eigenvalue weighted by Crippen LogP contribution is -2.11. The molecule has 2 heterocycles. The number of fused-ring (bicyclic) bond motifs is 20. The minimum Gasteiger partial charge on any atom is -0.456 e. The van der Waals surface area contributed by atoms with E-state index >= 15 is 0 Å². The zero-order valence-corrected chi connectivity index (χ0v) is 46.4. The molecule has 0 bridgehead atoms. The van der Waals surface area contributed by atoms with Crippen molar-refractivity contribution in [3.8, 4) is 0 Å². The second kappa shape index (κ2) is 18.0. The van der Waals surface area contributed by atoms with Gasteiger partial charge in [0.05, 0.1) is 22.7 Å². The molecule has 19 rings (SSSR count). The summed E-state index contributed by atoms with van der Waals surface area (Å²) in [5.41, 5.74) is 9.95. The minimum atomic E-state index is 0.828. The molecule has 0 N–H and O–H groups in total. The zero-order valence-electron chi connectivity index (χ0n) is 46.4. The minimum absolute atomic E-state index is 0.828. The standard InChI is InChI=1S/C82H48N2O2/c1-5-21-63-49(13-1)29-33-53-17-9-25-71(79(53)63)83(72-26-10-18-54-34-30-50-14-2-6-22-64(50)80(54)72)61-39-37-57-43-67-69-47-78-70(48-77(69)85-75(67)45-59(57)41-61)68-44-58-38-40-62(42-60(58)46-76(68)86-78)84(73-27-11-19-55-35-31-51-15-3-7-23-65(51)81(55)73)74-28-12-20-56-36-32-52-16-4-8-24-66(52)82(56)74/h1-48H. The van der Waals surface area contributed by atoms with E-state index < -0.39 is 0 Å². The van der Waals surface area contributed by atoms with Crippen molar-refractivity contribution < 1.29 is 8.83 Å². The molecule has 0 saturated heterocycles. The molecule has 0 fully saturated rings. The fourth-order valence-electron chi connectivity index (χ4n) is 14.5. The van der Waals surface area contributed by atoms with E-state index in [4.69, 9.17) is 8.83 Å². The summed E-state index contributed by atoms with van der Waals surface area (Å²) in [6.07, 6.45) is 0. The Kier molecular flexibility index (Phi) is 9.86. The van der Waals surface area contributed by atoms with Crippen LogP contribution < -0.4 is 9.80 Å². The van der Waals surface area contributed by atoms with Gasteiger partial charge in [-0.15, -0.1) is 0 Å². The third-order valence-electron chi connectivity index (χ3n) is 18.4. The number of anilines is 6. The Bertz CT molecular complexity index is 5510. The van der Waals surface area contributed by atoms with E-state index in [0.717, 1.165) is 99.5 Å². The van der Waals surface area contributed by atoms with Gasteiger partial charge < -0.3 is 18.6 Å². The van der Waals surface area contributed by atoms with Gasteiger partial charge in [0.15, 0.2) is 0 Å². The van der Waals surface area contributed by atoms with Crippen LogP contribution in [0.4, 0.5) is 34.1 Å². The van der Waals surface area contributed by atoms with Gasteiger partial charge in [0.2, 0.25) is 0 Å². The third kappa shape index (κ3) is 6.99. The van der Waals surface area contributed by atoms with Crippen LogP contribution in [-0.4, -0.2) is 0 Å². The average molecular weight is 1090 g/mol. The molecule has 0 aliphatic carbocycles. The van der Waals surface area contributed by atoms with E-state index in [-0.39, 0.29) is 0 Å². The first-order valence-corrected chi connectivity index (χ1v) is 29.5. The Morgan fingerprint density at radius 2 is 0.442 bits per heavy atom. The Hall–Kier alpha value is -11.5. The van der Waals surface area contributed by atoms with Crippen molar-refractivity contribution in [3.63, 3.8) is 0 Å². The molecule has 0 aliphatic heterocycles. The van der Waals surface area contributed by atoms with E-state index in [9.17, 15) is 0 Å². The lowest BCUT2D eigenvalue weighted by atomic mass is 9.96. The highest BCUT2D eigenvalue weighted by molar-refractivity contribution is 6.23. The van der Waals surface area contributed by atoms with Crippen LogP contribution in [0.15, 0.2) is 300 Å². The first-order valence-electron chi connectivity index (χ1n) is 29.5. The van der Waals surface area contributed by atoms with E-state index in [1.807, 2.05) is 0 Å². The van der Waals surface area contributed by atoms with E-state index in [0.29, 0.717) is 0 Å². The summed E-state index contributed by atoms with van der Waals surface area (Å²) in [7, 11) is 0. The van der Waals surface area contributed by atoms with Crippen molar-refractivity contribution in [2.45, 2.75) is 0 Å². The molecule has 19 aromatic rings. The first kappa shape index (κ1) is 47.1. The maximum Gasteiger partial charge on any atom is 0.136 e. The predicted octanol–water partition coefficient (Wildman–Crippen LogP) is 24.0. The molecule has 17 aromatic carbocycles. The summed E-state index contributed by atoms with van der Waals surface area (Å²) in [5.74, 6) is 0. The van der Waals surface area contributed by atoms with Crippen LogP contribution in [-0.2, 0) is 0 Å². The van der Waals surface area contributed by atoms with Crippen LogP contribution in [0.2, 0.25) is 0 Å². The van der Waals surface area contributed by atoms with Crippen molar-refractivity contribution in [2.24, 2.45) is 0 Å². The van der Waals surface area contributed by atoms with Crippen molar-refractivity contribution in [1.82, 2.24) is 0 Å². The summed E-state index contributed by atoms with van der Waals surface area (Å²) < 4.78 is 13.9. The number of rotatable bonds is 6. The first-order chi connectivity index (χ1) is 42.6. The van der Waals surface area contributed by atoms with E-state index in [2.05, 4.69) is 301 Å². The summed E-state index contributed by atoms with van der Waals surface area (Å²) >= 11 is 0. The molecule has 86 heavy (non-hydrogen) atoms. The Balaban J connectivity index is 0.761. The maximum atomic E-state index is 6.94. The third-order valence-corrected chi connectivity index (χ3v) is 18.4. The van der Waals surface area contributed by atoms with E-state index in [1.165, 1.54) is 86.2 Å². The van der Waals surface area contributed by atoms with Crippen LogP contribution >= 0.6 is 0 Å². The lowest BCUT2D eigenvalue weighted by Gasteiger charge is -2.29. The number of benzene rings is 17. The Labute approximate surface area is 492 Å². The molecular formula is C82H48N2O2. The number of hydrogen-bond donors (Lipinski definition) is 0. The molecule has 0 atom stereocenters. The molecule has 4 nitrogen and oxygen atoms in total. The largest absolute Gasteiger partial charge is 0.456 e. The van der Waals surface area contributed by atoms with Gasteiger partial charge >= 0.3 is 0 Å². The van der Waals surface area contributed by atoms with Crippen molar-refractivity contribution in [2.75, 3.05) is 9.80 Å². The van der Waals surface area contributed by atoms with Gasteiger partial charge in [-0.2, -0.15) is 0 Å². The lowest BCUT2D eigenvalue weighted by molar-refractivity contribution is 0.664. The SMILES string of the molecule is c1ccc2c(c1)ccc1cccc(N(c3ccc4cc5c(cc4c3)oc3cc4c(cc35)oc3cc5cc(N(c6cccc7ccc8ccccc8c67)c6cccc7ccc8ccccc8c67)ccc5cc34)c3cccc4ccc5ccccc5c34)c12. The fourth-order valence-corrected chi connectivity index (χ4v) is 14.5. The van der Waals surface area contributed by atoms with Gasteiger partial charge in [0.1, 0.15) is 22.3 Å². The summed E-state index contributed by atoms with van der Waals surface area (Å²) in [6, 6.07) is 107. The van der Waals surface area contributed by atoms with Crippen LogP contribution in [0.25, 0.3) is 152 Å². The van der Waals surface area contributed by atoms with Gasteiger partial charge in [-0.25, -0.2) is 0 Å². The van der Waals surface area contributed by atoms with Crippen LogP contribution in [0.5, 0.6) is 0 Å². The predicted molar refractivity (Wildman–Crippen MR) is 365 cm³/mol. The number of furan rings is 2. The van der Waals surface area contributed by atoms with Crippen molar-refractivity contribution in [3.05, 3.63) is 291 Å². The monoisotopic (exact) mass is 1090 g/mol. The van der Waals surface area contributed by atoms with Crippen LogP contribution in [0.1, 0.15) is 0 Å². The summed E-state index contributed by atoms with van der Waals surface area (Å²) in [6.45, 7) is 0. The molecular weight excluding hydrogens is 1040 g/mol. The molecule has 0 unspecified atom stereocenters. The number of nitrogens with zero attached hydrogens (tertiary/aromatic N) is 2.